The van der Waals surface area contributed by atoms with Crippen molar-refractivity contribution >= 4 is 34.3 Å². The van der Waals surface area contributed by atoms with Gasteiger partial charge in [0.1, 0.15) is 29.2 Å². The number of nitrogens with zero attached hydrogens (tertiary/aromatic N) is 5. The van der Waals surface area contributed by atoms with Crippen molar-refractivity contribution < 1.29 is 9.18 Å². The van der Waals surface area contributed by atoms with Crippen LogP contribution in [0.25, 0.3) is 22.4 Å². The van der Waals surface area contributed by atoms with Crippen molar-refractivity contribution in [1.82, 2.24) is 24.9 Å². The van der Waals surface area contributed by atoms with E-state index in [9.17, 15) is 14.4 Å². The molecular weight excluding hydrogens is 471 g/mol. The number of nitrogens with one attached hydrogen (secondary N) is 3. The molecule has 0 aliphatic heterocycles. The quantitative estimate of drug-likeness (QED) is 0.291. The van der Waals surface area contributed by atoms with Gasteiger partial charge in [-0.15, -0.1) is 0 Å². The molecule has 37 heavy (non-hydrogen) atoms. The number of imidazole rings is 1. The predicted molar refractivity (Wildman–Crippen MR) is 138 cm³/mol. The topological polar surface area (TPSA) is 132 Å². The highest BCUT2D eigenvalue weighted by molar-refractivity contribution is 6.05. The Hall–Kier alpha value is -5.17. The summed E-state index contributed by atoms with van der Waals surface area (Å²) in [5, 5.41) is 15.3. The van der Waals surface area contributed by atoms with Gasteiger partial charge in [0.2, 0.25) is 0 Å². The Morgan fingerprint density at radius 2 is 1.89 bits per heavy atom. The molecule has 0 aliphatic rings. The summed E-state index contributed by atoms with van der Waals surface area (Å²) in [6, 6.07) is 16.9. The summed E-state index contributed by atoms with van der Waals surface area (Å²) in [6.45, 7) is 3.57. The molecule has 0 unspecified atom stereocenters. The molecule has 0 saturated heterocycles. The van der Waals surface area contributed by atoms with Gasteiger partial charge in [-0.2, -0.15) is 5.26 Å². The number of hydrogen-bond acceptors (Lipinski definition) is 7. The maximum absolute atomic E-state index is 14.7. The number of benzene rings is 2. The van der Waals surface area contributed by atoms with Crippen LogP contribution in [0.2, 0.25) is 0 Å². The van der Waals surface area contributed by atoms with Crippen LogP contribution in [-0.2, 0) is 5.41 Å². The molecule has 0 bridgehead atoms. The second kappa shape index (κ2) is 9.47. The first-order valence-electron chi connectivity index (χ1n) is 11.3. The van der Waals surface area contributed by atoms with E-state index >= 15 is 0 Å². The van der Waals surface area contributed by atoms with Crippen molar-refractivity contribution in [3.8, 4) is 17.3 Å². The lowest BCUT2D eigenvalue weighted by Crippen LogP contribution is -2.17. The Labute approximate surface area is 211 Å². The number of rotatable bonds is 6. The summed E-state index contributed by atoms with van der Waals surface area (Å²) in [6.07, 6.45) is 4.58. The maximum Gasteiger partial charge on any atom is 0.258 e. The number of H-pyrrole nitrogens is 1. The zero-order valence-electron chi connectivity index (χ0n) is 20.0. The van der Waals surface area contributed by atoms with E-state index in [1.165, 1.54) is 30.9 Å². The second-order valence-corrected chi connectivity index (χ2v) is 8.81. The van der Waals surface area contributed by atoms with Gasteiger partial charge in [0.15, 0.2) is 5.65 Å². The lowest BCUT2D eigenvalue weighted by molar-refractivity contribution is 0.102. The van der Waals surface area contributed by atoms with Gasteiger partial charge in [-0.05, 0) is 61.9 Å². The lowest BCUT2D eigenvalue weighted by Gasteiger charge is -2.17. The van der Waals surface area contributed by atoms with Crippen LogP contribution in [0, 0.1) is 17.1 Å². The van der Waals surface area contributed by atoms with Crippen molar-refractivity contribution in [1.29, 1.82) is 5.26 Å². The molecular formula is C27H21FN8O. The average Bonchev–Trinajstić information content (AvgIpc) is 3.39. The average molecular weight is 493 g/mol. The Morgan fingerprint density at radius 3 is 2.73 bits per heavy atom. The Bertz CT molecular complexity index is 1670. The number of aromatic nitrogens is 5. The van der Waals surface area contributed by atoms with Crippen LogP contribution in [0.3, 0.4) is 0 Å². The summed E-state index contributed by atoms with van der Waals surface area (Å²) in [5.41, 5.74) is 3.17. The summed E-state index contributed by atoms with van der Waals surface area (Å²) < 4.78 is 14.7. The second-order valence-electron chi connectivity index (χ2n) is 8.81. The first-order valence-corrected chi connectivity index (χ1v) is 11.3. The minimum Gasteiger partial charge on any atom is -0.340 e. The van der Waals surface area contributed by atoms with Crippen molar-refractivity contribution in [2.45, 2.75) is 19.3 Å². The number of fused-ring (bicyclic) bond motifs is 1. The van der Waals surface area contributed by atoms with E-state index in [2.05, 4.69) is 41.6 Å². The lowest BCUT2D eigenvalue weighted by atomic mass is 9.86. The van der Waals surface area contributed by atoms with Crippen LogP contribution in [-0.4, -0.2) is 30.8 Å². The third-order valence-corrected chi connectivity index (χ3v) is 5.88. The minimum absolute atomic E-state index is 0.149. The van der Waals surface area contributed by atoms with Gasteiger partial charge in [0.05, 0.1) is 23.4 Å². The SMILES string of the molecule is CC(C)(C#N)c1cccc(NC(=O)c2cc(Nc3ncccc3-c3ncnc4[nH]cnc34)ccc2F)c1. The largest absolute Gasteiger partial charge is 0.340 e. The monoisotopic (exact) mass is 492 g/mol. The molecule has 5 rings (SSSR count). The van der Waals surface area contributed by atoms with Gasteiger partial charge in [-0.3, -0.25) is 4.79 Å². The zero-order valence-corrected chi connectivity index (χ0v) is 20.0. The van der Waals surface area contributed by atoms with Crippen molar-refractivity contribution in [3.63, 3.8) is 0 Å². The van der Waals surface area contributed by atoms with Crippen LogP contribution in [0.15, 0.2) is 73.4 Å². The number of amides is 1. The highest BCUT2D eigenvalue weighted by Crippen LogP contribution is 2.31. The molecule has 3 aromatic heterocycles. The molecule has 9 nitrogen and oxygen atoms in total. The molecule has 182 valence electrons. The standard InChI is InChI=1S/C27H21FN8O/c1-27(2,13-29)16-5-3-6-17(11-16)36-26(37)20-12-18(8-9-21(20)28)35-24-19(7-4-10-30-24)22-23-25(33-14-31-22)34-15-32-23/h3-12,14-15H,1-2H3,(H,30,35)(H,36,37)(H,31,32,33,34). The van der Waals surface area contributed by atoms with E-state index in [0.29, 0.717) is 39.6 Å². The van der Waals surface area contributed by atoms with Gasteiger partial charge < -0.3 is 15.6 Å². The van der Waals surface area contributed by atoms with E-state index in [-0.39, 0.29) is 5.56 Å². The van der Waals surface area contributed by atoms with Gasteiger partial charge in [-0.25, -0.2) is 24.3 Å². The number of hydrogen-bond donors (Lipinski definition) is 3. The molecule has 0 radical (unpaired) electrons. The Morgan fingerprint density at radius 1 is 1.03 bits per heavy atom. The molecule has 0 atom stereocenters. The van der Waals surface area contributed by atoms with Gasteiger partial charge in [-0.1, -0.05) is 12.1 Å². The van der Waals surface area contributed by atoms with Gasteiger partial charge >= 0.3 is 0 Å². The molecule has 0 saturated carbocycles. The van der Waals surface area contributed by atoms with Crippen LogP contribution < -0.4 is 10.6 Å². The van der Waals surface area contributed by atoms with E-state index < -0.39 is 17.1 Å². The van der Waals surface area contributed by atoms with Crippen molar-refractivity contribution in [2.24, 2.45) is 0 Å². The van der Waals surface area contributed by atoms with E-state index in [1.807, 2.05) is 12.1 Å². The normalized spacial score (nSPS) is 11.2. The molecule has 2 aromatic carbocycles. The molecule has 1 amide bonds. The van der Waals surface area contributed by atoms with Gasteiger partial charge in [0.25, 0.3) is 5.91 Å². The number of anilines is 3. The summed E-state index contributed by atoms with van der Waals surface area (Å²) in [5.74, 6) is -0.843. The third-order valence-electron chi connectivity index (χ3n) is 5.88. The molecule has 10 heteroatoms. The van der Waals surface area contributed by atoms with Crippen LogP contribution in [0.5, 0.6) is 0 Å². The number of aromatic amines is 1. The van der Waals surface area contributed by atoms with E-state index in [0.717, 1.165) is 5.56 Å². The highest BCUT2D eigenvalue weighted by atomic mass is 19.1. The zero-order chi connectivity index (χ0) is 26.0. The molecule has 3 heterocycles. The summed E-state index contributed by atoms with van der Waals surface area (Å²) in [4.78, 5) is 33.2. The first-order chi connectivity index (χ1) is 17.9. The minimum atomic E-state index is -0.735. The van der Waals surface area contributed by atoms with Crippen LogP contribution in [0.4, 0.5) is 21.6 Å². The molecule has 5 aromatic rings. The Kier molecular flexibility index (Phi) is 6.03. The number of carbonyl (C=O) groups is 1. The summed E-state index contributed by atoms with van der Waals surface area (Å²) in [7, 11) is 0. The van der Waals surface area contributed by atoms with Crippen molar-refractivity contribution in [3.05, 3.63) is 90.4 Å². The van der Waals surface area contributed by atoms with E-state index in [4.69, 9.17) is 0 Å². The van der Waals surface area contributed by atoms with Crippen LogP contribution >= 0.6 is 0 Å². The Balaban J connectivity index is 1.43. The predicted octanol–water partition coefficient (Wildman–Crippen LogP) is 5.35. The molecule has 0 fully saturated rings. The fourth-order valence-corrected chi connectivity index (χ4v) is 3.82. The number of nitriles is 1. The number of halogens is 1. The fraction of sp³-hybridized carbons (Fsp3) is 0.111. The first kappa shape index (κ1) is 23.6. The smallest absolute Gasteiger partial charge is 0.258 e. The molecule has 0 spiro atoms. The number of pyridine rings is 1. The van der Waals surface area contributed by atoms with E-state index in [1.54, 1.807) is 44.3 Å². The highest BCUT2D eigenvalue weighted by Gasteiger charge is 2.21. The third kappa shape index (κ3) is 4.70. The number of carbonyl (C=O) groups excluding carboxylic acids is 1. The fourth-order valence-electron chi connectivity index (χ4n) is 3.82. The molecule has 3 N–H and O–H groups in total. The summed E-state index contributed by atoms with van der Waals surface area (Å²) >= 11 is 0. The molecule has 0 aliphatic carbocycles. The maximum atomic E-state index is 14.7. The van der Waals surface area contributed by atoms with Crippen molar-refractivity contribution in [2.75, 3.05) is 10.6 Å². The van der Waals surface area contributed by atoms with Crippen LogP contribution in [0.1, 0.15) is 29.8 Å². The van der Waals surface area contributed by atoms with Gasteiger partial charge in [0, 0.05) is 23.1 Å².